The Bertz CT molecular complexity index is 893. The van der Waals surface area contributed by atoms with Crippen molar-refractivity contribution in [2.75, 3.05) is 14.2 Å². The van der Waals surface area contributed by atoms with E-state index >= 15 is 0 Å². The predicted octanol–water partition coefficient (Wildman–Crippen LogP) is 2.69. The second kappa shape index (κ2) is 6.05. The maximum atomic E-state index is 13.1. The van der Waals surface area contributed by atoms with E-state index in [-0.39, 0.29) is 28.8 Å². The van der Waals surface area contributed by atoms with E-state index in [0.717, 1.165) is 5.56 Å². The number of phenols is 1. The number of methoxy groups -OCH3 is 2. The fourth-order valence-electron chi connectivity index (χ4n) is 4.04. The number of ketones is 1. The summed E-state index contributed by atoms with van der Waals surface area (Å²) in [6.45, 7) is 0. The van der Waals surface area contributed by atoms with E-state index in [2.05, 4.69) is 0 Å². The number of fused-ring (bicyclic) bond motifs is 2. The van der Waals surface area contributed by atoms with Gasteiger partial charge in [0.05, 0.1) is 31.9 Å². The van der Waals surface area contributed by atoms with Crippen LogP contribution in [0.25, 0.3) is 0 Å². The monoisotopic (exact) mass is 353 g/mol. The SMILES string of the molecule is COc1cc2c(c(O)c1OC)C(=O)C1CCC(=O)N1C2c1ccccc1. The van der Waals surface area contributed by atoms with Crippen LogP contribution in [-0.2, 0) is 4.79 Å². The lowest BCUT2D eigenvalue weighted by molar-refractivity contribution is -0.130. The summed E-state index contributed by atoms with van der Waals surface area (Å²) in [5.74, 6) is -0.0906. The van der Waals surface area contributed by atoms with Crippen LogP contribution in [0.2, 0.25) is 0 Å². The molecule has 2 atom stereocenters. The van der Waals surface area contributed by atoms with Crippen LogP contribution in [0.15, 0.2) is 36.4 Å². The number of rotatable bonds is 3. The van der Waals surface area contributed by atoms with Gasteiger partial charge in [-0.2, -0.15) is 0 Å². The van der Waals surface area contributed by atoms with Crippen LogP contribution in [0.4, 0.5) is 0 Å². The van der Waals surface area contributed by atoms with Gasteiger partial charge in [-0.05, 0) is 23.6 Å². The highest BCUT2D eigenvalue weighted by Crippen LogP contribution is 2.50. The molecular formula is C20H19NO5. The fourth-order valence-corrected chi connectivity index (χ4v) is 4.04. The number of benzene rings is 2. The first-order valence-corrected chi connectivity index (χ1v) is 8.46. The first-order valence-electron chi connectivity index (χ1n) is 8.46. The van der Waals surface area contributed by atoms with Crippen molar-refractivity contribution in [1.29, 1.82) is 0 Å². The zero-order valence-corrected chi connectivity index (χ0v) is 14.6. The molecule has 2 unspecified atom stereocenters. The van der Waals surface area contributed by atoms with Crippen molar-refractivity contribution in [3.8, 4) is 17.2 Å². The lowest BCUT2D eigenvalue weighted by Gasteiger charge is -2.39. The molecule has 0 aromatic heterocycles. The molecular weight excluding hydrogens is 334 g/mol. The van der Waals surface area contributed by atoms with Crippen molar-refractivity contribution in [1.82, 2.24) is 4.90 Å². The maximum Gasteiger partial charge on any atom is 0.224 e. The number of hydrogen-bond donors (Lipinski definition) is 1. The Morgan fingerprint density at radius 1 is 1.12 bits per heavy atom. The molecule has 1 saturated heterocycles. The molecule has 1 fully saturated rings. The highest BCUT2D eigenvalue weighted by Gasteiger charge is 2.48. The van der Waals surface area contributed by atoms with Crippen molar-refractivity contribution in [2.45, 2.75) is 24.9 Å². The van der Waals surface area contributed by atoms with Crippen molar-refractivity contribution < 1.29 is 24.2 Å². The second-order valence-corrected chi connectivity index (χ2v) is 6.46. The van der Waals surface area contributed by atoms with E-state index in [4.69, 9.17) is 9.47 Å². The molecule has 2 aromatic rings. The zero-order valence-electron chi connectivity index (χ0n) is 14.6. The number of Topliss-reactive ketones (excluding diaryl/α,β-unsaturated/α-hetero) is 1. The summed E-state index contributed by atoms with van der Waals surface area (Å²) in [7, 11) is 2.88. The van der Waals surface area contributed by atoms with Crippen molar-refractivity contribution >= 4 is 11.7 Å². The van der Waals surface area contributed by atoms with Gasteiger partial charge < -0.3 is 19.5 Å². The average molecular weight is 353 g/mol. The lowest BCUT2D eigenvalue weighted by atomic mass is 9.83. The average Bonchev–Trinajstić information content (AvgIpc) is 3.04. The Labute approximate surface area is 151 Å². The molecule has 0 spiro atoms. The molecule has 2 aliphatic heterocycles. The smallest absolute Gasteiger partial charge is 0.224 e. The Hall–Kier alpha value is -3.02. The largest absolute Gasteiger partial charge is 0.504 e. The third-order valence-electron chi connectivity index (χ3n) is 5.17. The predicted molar refractivity (Wildman–Crippen MR) is 93.7 cm³/mol. The van der Waals surface area contributed by atoms with E-state index in [9.17, 15) is 14.7 Å². The van der Waals surface area contributed by atoms with Crippen LogP contribution in [0.1, 0.15) is 40.4 Å². The molecule has 26 heavy (non-hydrogen) atoms. The van der Waals surface area contributed by atoms with E-state index in [1.807, 2.05) is 30.3 Å². The summed E-state index contributed by atoms with van der Waals surface area (Å²) >= 11 is 0. The molecule has 1 N–H and O–H groups in total. The highest BCUT2D eigenvalue weighted by molar-refractivity contribution is 6.09. The van der Waals surface area contributed by atoms with Crippen molar-refractivity contribution in [2.24, 2.45) is 0 Å². The van der Waals surface area contributed by atoms with Gasteiger partial charge in [0.15, 0.2) is 17.3 Å². The van der Waals surface area contributed by atoms with Gasteiger partial charge in [-0.1, -0.05) is 30.3 Å². The molecule has 134 valence electrons. The summed E-state index contributed by atoms with van der Waals surface area (Å²) in [6, 6.07) is 10.2. The van der Waals surface area contributed by atoms with E-state index in [1.165, 1.54) is 14.2 Å². The van der Waals surface area contributed by atoms with Crippen LogP contribution >= 0.6 is 0 Å². The van der Waals surface area contributed by atoms with E-state index < -0.39 is 12.1 Å². The molecule has 0 radical (unpaired) electrons. The van der Waals surface area contributed by atoms with Gasteiger partial charge >= 0.3 is 0 Å². The van der Waals surface area contributed by atoms with Crippen LogP contribution in [0.3, 0.4) is 0 Å². The number of phenolic OH excluding ortho intramolecular Hbond substituents is 1. The summed E-state index contributed by atoms with van der Waals surface area (Å²) in [5.41, 5.74) is 1.66. The van der Waals surface area contributed by atoms with Crippen molar-refractivity contribution in [3.63, 3.8) is 0 Å². The first-order chi connectivity index (χ1) is 12.6. The first kappa shape index (κ1) is 16.4. The normalized spacial score (nSPS) is 21.4. The summed E-state index contributed by atoms with van der Waals surface area (Å²) in [6.07, 6.45) is 0.775. The molecule has 0 saturated carbocycles. The highest BCUT2D eigenvalue weighted by atomic mass is 16.5. The molecule has 6 heteroatoms. The van der Waals surface area contributed by atoms with E-state index in [0.29, 0.717) is 24.2 Å². The van der Waals surface area contributed by atoms with Crippen molar-refractivity contribution in [3.05, 3.63) is 53.1 Å². The Morgan fingerprint density at radius 2 is 1.85 bits per heavy atom. The molecule has 2 aliphatic rings. The number of ether oxygens (including phenoxy) is 2. The van der Waals surface area contributed by atoms with Crippen LogP contribution < -0.4 is 9.47 Å². The Morgan fingerprint density at radius 3 is 2.50 bits per heavy atom. The molecule has 2 aromatic carbocycles. The van der Waals surface area contributed by atoms with Gasteiger partial charge in [0.25, 0.3) is 0 Å². The molecule has 1 amide bonds. The van der Waals surface area contributed by atoms with Gasteiger partial charge in [0.2, 0.25) is 11.7 Å². The van der Waals surface area contributed by atoms with Gasteiger partial charge in [-0.3, -0.25) is 9.59 Å². The molecule has 0 bridgehead atoms. The van der Waals surface area contributed by atoms with Crippen LogP contribution in [0, 0.1) is 0 Å². The number of aromatic hydroxyl groups is 1. The lowest BCUT2D eigenvalue weighted by Crippen LogP contribution is -2.46. The van der Waals surface area contributed by atoms with Gasteiger partial charge in [-0.15, -0.1) is 0 Å². The van der Waals surface area contributed by atoms with Crippen LogP contribution in [0.5, 0.6) is 17.2 Å². The summed E-state index contributed by atoms with van der Waals surface area (Å²) in [4.78, 5) is 27.3. The summed E-state index contributed by atoms with van der Waals surface area (Å²) in [5, 5.41) is 10.7. The third kappa shape index (κ3) is 2.18. The number of hydrogen-bond acceptors (Lipinski definition) is 5. The molecule has 0 aliphatic carbocycles. The minimum Gasteiger partial charge on any atom is -0.504 e. The Balaban J connectivity index is 2.02. The van der Waals surface area contributed by atoms with Gasteiger partial charge in [-0.25, -0.2) is 0 Å². The maximum absolute atomic E-state index is 13.1. The fraction of sp³-hybridized carbons (Fsp3) is 0.300. The number of carbonyl (C=O) groups excluding carboxylic acids is 2. The minimum absolute atomic E-state index is 0.0582. The van der Waals surface area contributed by atoms with E-state index in [1.54, 1.807) is 11.0 Å². The zero-order chi connectivity index (χ0) is 18.4. The Kier molecular flexibility index (Phi) is 3.83. The molecule has 4 rings (SSSR count). The van der Waals surface area contributed by atoms with Gasteiger partial charge in [0, 0.05) is 6.42 Å². The molecule has 6 nitrogen and oxygen atoms in total. The third-order valence-corrected chi connectivity index (χ3v) is 5.17. The van der Waals surface area contributed by atoms with Crippen LogP contribution in [-0.4, -0.2) is 42.0 Å². The molecule has 2 heterocycles. The second-order valence-electron chi connectivity index (χ2n) is 6.46. The van der Waals surface area contributed by atoms with Gasteiger partial charge in [0.1, 0.15) is 0 Å². The summed E-state index contributed by atoms with van der Waals surface area (Å²) < 4.78 is 10.6. The topological polar surface area (TPSA) is 76.1 Å². The number of nitrogens with zero attached hydrogens (tertiary/aromatic N) is 1. The number of carbonyl (C=O) groups is 2. The minimum atomic E-state index is -0.566. The quantitative estimate of drug-likeness (QED) is 0.918. The number of amides is 1. The standard InChI is InChI=1S/C20H19NO5/c1-25-14-10-12-16(19(24)20(14)26-2)18(23)13-8-9-15(22)21(13)17(12)11-6-4-3-5-7-11/h3-7,10,13,17,24H,8-9H2,1-2H3.